The molecule has 0 radical (unpaired) electrons. The first-order valence-electron chi connectivity index (χ1n) is 11.1. The van der Waals surface area contributed by atoms with Gasteiger partial charge in [-0.15, -0.1) is 11.3 Å². The molecule has 0 spiro atoms. The van der Waals surface area contributed by atoms with Crippen molar-refractivity contribution in [3.8, 4) is 11.1 Å². The molecule has 32 heavy (non-hydrogen) atoms. The summed E-state index contributed by atoms with van der Waals surface area (Å²) in [4.78, 5) is 13.7. The summed E-state index contributed by atoms with van der Waals surface area (Å²) in [6.07, 6.45) is 5.92. The predicted molar refractivity (Wildman–Crippen MR) is 134 cm³/mol. The predicted octanol–water partition coefficient (Wildman–Crippen LogP) is 6.18. The van der Waals surface area contributed by atoms with Crippen LogP contribution in [0.15, 0.2) is 57.6 Å². The van der Waals surface area contributed by atoms with Crippen molar-refractivity contribution in [2.45, 2.75) is 39.5 Å². The van der Waals surface area contributed by atoms with Crippen LogP contribution >= 0.6 is 11.3 Å². The van der Waals surface area contributed by atoms with E-state index in [-0.39, 0.29) is 11.8 Å². The lowest BCUT2D eigenvalue weighted by atomic mass is 9.80. The summed E-state index contributed by atoms with van der Waals surface area (Å²) in [5.74, 6) is 0.492. The maximum atomic E-state index is 4.90. The third-order valence-corrected chi connectivity index (χ3v) is 7.30. The number of aliphatic imine (C=N–C) groups is 2. The zero-order valence-electron chi connectivity index (χ0n) is 18.5. The number of aromatic nitrogens is 4. The smallest absolute Gasteiger partial charge is 0.121 e. The molecule has 2 aromatic heterocycles. The number of thiazole rings is 1. The van der Waals surface area contributed by atoms with Gasteiger partial charge < -0.3 is 0 Å². The number of nitrogens with one attached hydrogen (secondary N) is 1. The lowest BCUT2D eigenvalue weighted by molar-refractivity contribution is 0.613. The van der Waals surface area contributed by atoms with E-state index in [1.807, 2.05) is 30.9 Å². The monoisotopic (exact) mass is 442 g/mol. The highest BCUT2D eigenvalue weighted by Gasteiger charge is 2.27. The number of allylic oxidation sites excluding steroid dienone is 1. The van der Waals surface area contributed by atoms with Crippen LogP contribution in [0.1, 0.15) is 45.1 Å². The SMILES string of the molecule is CC=N/C=C1/CCCN=C1C(C)C(C)c1ccc(-c2cccc3ncsc23)c2n[nH]nc12. The molecule has 0 saturated carbocycles. The van der Waals surface area contributed by atoms with Crippen LogP contribution < -0.4 is 0 Å². The highest BCUT2D eigenvalue weighted by atomic mass is 32.1. The number of benzene rings is 2. The minimum atomic E-state index is 0.238. The number of fused-ring (bicyclic) bond motifs is 2. The fourth-order valence-corrected chi connectivity index (χ4v) is 5.39. The molecule has 7 heteroatoms. The van der Waals surface area contributed by atoms with Crippen LogP contribution in [0, 0.1) is 5.92 Å². The van der Waals surface area contributed by atoms with Crippen LogP contribution in [-0.2, 0) is 0 Å². The highest BCUT2D eigenvalue weighted by molar-refractivity contribution is 7.17. The summed E-state index contributed by atoms with van der Waals surface area (Å²) in [6.45, 7) is 7.35. The molecule has 3 heterocycles. The van der Waals surface area contributed by atoms with Gasteiger partial charge in [0.05, 0.1) is 15.7 Å². The molecule has 5 rings (SSSR count). The Morgan fingerprint density at radius 1 is 1.06 bits per heavy atom. The van der Waals surface area contributed by atoms with Crippen molar-refractivity contribution >= 4 is 44.5 Å². The van der Waals surface area contributed by atoms with Crippen molar-refractivity contribution in [2.24, 2.45) is 15.9 Å². The first-order chi connectivity index (χ1) is 15.7. The fraction of sp³-hybridized carbons (Fsp3) is 0.320. The summed E-state index contributed by atoms with van der Waals surface area (Å²) >= 11 is 1.66. The topological polar surface area (TPSA) is 79.2 Å². The van der Waals surface area contributed by atoms with E-state index in [1.54, 1.807) is 11.3 Å². The van der Waals surface area contributed by atoms with Crippen molar-refractivity contribution < 1.29 is 0 Å². The molecule has 0 aliphatic carbocycles. The van der Waals surface area contributed by atoms with Crippen molar-refractivity contribution in [1.82, 2.24) is 20.4 Å². The summed E-state index contributed by atoms with van der Waals surface area (Å²) in [6, 6.07) is 10.6. The van der Waals surface area contributed by atoms with Gasteiger partial charge in [0.25, 0.3) is 0 Å². The number of hydrogen-bond donors (Lipinski definition) is 1. The van der Waals surface area contributed by atoms with Gasteiger partial charge in [-0.25, -0.2) is 4.98 Å². The normalized spacial score (nSPS) is 18.0. The van der Waals surface area contributed by atoms with Gasteiger partial charge in [0.1, 0.15) is 11.0 Å². The van der Waals surface area contributed by atoms with E-state index in [2.05, 4.69) is 63.5 Å². The van der Waals surface area contributed by atoms with E-state index >= 15 is 0 Å². The highest BCUT2D eigenvalue weighted by Crippen LogP contribution is 2.39. The average Bonchev–Trinajstić information content (AvgIpc) is 3.51. The fourth-order valence-electron chi connectivity index (χ4n) is 4.57. The number of H-pyrrole nitrogens is 1. The third-order valence-electron chi connectivity index (χ3n) is 6.42. The van der Waals surface area contributed by atoms with Crippen LogP contribution in [-0.4, -0.2) is 38.9 Å². The Morgan fingerprint density at radius 2 is 1.94 bits per heavy atom. The molecule has 0 fully saturated rings. The van der Waals surface area contributed by atoms with E-state index in [0.29, 0.717) is 0 Å². The molecule has 0 bridgehead atoms. The van der Waals surface area contributed by atoms with Gasteiger partial charge in [-0.2, -0.15) is 15.4 Å². The molecule has 6 nitrogen and oxygen atoms in total. The average molecular weight is 443 g/mol. The van der Waals surface area contributed by atoms with Gasteiger partial charge in [-0.3, -0.25) is 9.98 Å². The second kappa shape index (κ2) is 8.74. The summed E-state index contributed by atoms with van der Waals surface area (Å²) < 4.78 is 1.17. The molecule has 2 unspecified atom stereocenters. The van der Waals surface area contributed by atoms with Crippen molar-refractivity contribution in [2.75, 3.05) is 6.54 Å². The van der Waals surface area contributed by atoms with Crippen LogP contribution in [0.3, 0.4) is 0 Å². The second-order valence-electron chi connectivity index (χ2n) is 8.24. The first-order valence-corrected chi connectivity index (χ1v) is 11.9. The largest absolute Gasteiger partial charge is 0.289 e. The molecular weight excluding hydrogens is 416 g/mol. The van der Waals surface area contributed by atoms with Gasteiger partial charge in [0.2, 0.25) is 0 Å². The van der Waals surface area contributed by atoms with E-state index < -0.39 is 0 Å². The van der Waals surface area contributed by atoms with Gasteiger partial charge in [-0.05, 0) is 42.9 Å². The Kier molecular flexibility index (Phi) is 5.66. The van der Waals surface area contributed by atoms with Gasteiger partial charge in [-0.1, -0.05) is 38.1 Å². The number of nitrogens with zero attached hydrogens (tertiary/aromatic N) is 5. The third kappa shape index (κ3) is 3.56. The van der Waals surface area contributed by atoms with Crippen LogP contribution in [0.4, 0.5) is 0 Å². The van der Waals surface area contributed by atoms with E-state index in [4.69, 9.17) is 4.99 Å². The quantitative estimate of drug-likeness (QED) is 0.375. The van der Waals surface area contributed by atoms with Gasteiger partial charge >= 0.3 is 0 Å². The summed E-state index contributed by atoms with van der Waals surface area (Å²) in [7, 11) is 0. The standard InChI is InChI=1S/C25H26N6S/c1-4-26-13-17-7-6-12-27-22(17)16(3)15(2)18-10-11-19(24-23(18)29-31-30-24)20-8-5-9-21-25(20)32-14-28-21/h4-5,8-11,13-16H,6-7,12H2,1-3H3,(H,29,30,31)/b17-13-,26-4?. The zero-order valence-corrected chi connectivity index (χ0v) is 19.4. The first kappa shape index (κ1) is 20.7. The van der Waals surface area contributed by atoms with Crippen LogP contribution in [0.25, 0.3) is 32.4 Å². The molecule has 1 aliphatic heterocycles. The summed E-state index contributed by atoms with van der Waals surface area (Å²) in [5.41, 5.74) is 10.6. The Hall–Kier alpha value is -3.19. The number of hydrogen-bond acceptors (Lipinski definition) is 6. The van der Waals surface area contributed by atoms with Crippen molar-refractivity contribution in [1.29, 1.82) is 0 Å². The van der Waals surface area contributed by atoms with E-state index in [1.165, 1.54) is 21.5 Å². The number of aromatic amines is 1. The van der Waals surface area contributed by atoms with E-state index in [0.717, 1.165) is 47.1 Å². The molecule has 1 N–H and O–H groups in total. The molecule has 0 saturated heterocycles. The lowest BCUT2D eigenvalue weighted by Gasteiger charge is -2.26. The zero-order chi connectivity index (χ0) is 22.1. The molecule has 0 amide bonds. The maximum absolute atomic E-state index is 4.90. The Balaban J connectivity index is 1.56. The molecule has 162 valence electrons. The van der Waals surface area contributed by atoms with Crippen molar-refractivity contribution in [3.05, 3.63) is 53.2 Å². The minimum absolute atomic E-state index is 0.238. The van der Waals surface area contributed by atoms with Crippen LogP contribution in [0.5, 0.6) is 0 Å². The molecule has 1 aliphatic rings. The Labute approximate surface area is 191 Å². The Morgan fingerprint density at radius 3 is 2.81 bits per heavy atom. The number of rotatable bonds is 5. The summed E-state index contributed by atoms with van der Waals surface area (Å²) in [5, 5.41) is 12.0. The lowest BCUT2D eigenvalue weighted by Crippen LogP contribution is -2.23. The minimum Gasteiger partial charge on any atom is -0.289 e. The van der Waals surface area contributed by atoms with Gasteiger partial charge in [0, 0.05) is 41.7 Å². The molecular formula is C25H26N6S. The molecule has 4 aromatic rings. The van der Waals surface area contributed by atoms with Crippen LogP contribution in [0.2, 0.25) is 0 Å². The Bertz CT molecular complexity index is 1360. The van der Waals surface area contributed by atoms with Crippen molar-refractivity contribution in [3.63, 3.8) is 0 Å². The van der Waals surface area contributed by atoms with Gasteiger partial charge in [0.15, 0.2) is 0 Å². The molecule has 2 aromatic carbocycles. The van der Waals surface area contributed by atoms with E-state index in [9.17, 15) is 0 Å². The molecule has 2 atom stereocenters. The second-order valence-corrected chi connectivity index (χ2v) is 9.09. The maximum Gasteiger partial charge on any atom is 0.121 e.